The SMILES string of the molecule is CCNCc1cccc(NC(=O)c2cc(NC(C)=O)c(OC)c(OC)c2)c1.Cl. The van der Waals surface area contributed by atoms with E-state index in [0.717, 1.165) is 18.7 Å². The molecule has 0 aliphatic heterocycles. The lowest BCUT2D eigenvalue weighted by atomic mass is 10.1. The molecule has 0 unspecified atom stereocenters. The van der Waals surface area contributed by atoms with Gasteiger partial charge in [0.1, 0.15) is 0 Å². The second kappa shape index (κ2) is 11.2. The van der Waals surface area contributed by atoms with Gasteiger partial charge in [-0.15, -0.1) is 12.4 Å². The third kappa shape index (κ3) is 6.14. The van der Waals surface area contributed by atoms with Crippen LogP contribution in [0.1, 0.15) is 29.8 Å². The van der Waals surface area contributed by atoms with Gasteiger partial charge in [0, 0.05) is 24.7 Å². The van der Waals surface area contributed by atoms with Crippen LogP contribution in [-0.4, -0.2) is 32.6 Å². The summed E-state index contributed by atoms with van der Waals surface area (Å²) in [6.07, 6.45) is 0. The Balaban J connectivity index is 0.00000392. The highest BCUT2D eigenvalue weighted by molar-refractivity contribution is 6.06. The molecular formula is C20H26ClN3O4. The molecule has 2 aromatic carbocycles. The van der Waals surface area contributed by atoms with E-state index in [1.54, 1.807) is 12.1 Å². The van der Waals surface area contributed by atoms with E-state index in [2.05, 4.69) is 16.0 Å². The van der Waals surface area contributed by atoms with Crippen molar-refractivity contribution in [3.63, 3.8) is 0 Å². The Kier molecular flexibility index (Phi) is 9.27. The number of carbonyl (C=O) groups excluding carboxylic acids is 2. The lowest BCUT2D eigenvalue weighted by Crippen LogP contribution is -2.15. The summed E-state index contributed by atoms with van der Waals surface area (Å²) < 4.78 is 10.6. The van der Waals surface area contributed by atoms with Crippen LogP contribution in [0.25, 0.3) is 0 Å². The predicted molar refractivity (Wildman–Crippen MR) is 113 cm³/mol. The van der Waals surface area contributed by atoms with Gasteiger partial charge >= 0.3 is 0 Å². The van der Waals surface area contributed by atoms with Crippen LogP contribution in [0.4, 0.5) is 11.4 Å². The van der Waals surface area contributed by atoms with E-state index < -0.39 is 0 Å². The number of anilines is 2. The Labute approximate surface area is 171 Å². The Bertz CT molecular complexity index is 827. The first kappa shape index (κ1) is 23.3. The molecule has 0 aliphatic rings. The van der Waals surface area contributed by atoms with Crippen molar-refractivity contribution in [1.29, 1.82) is 0 Å². The molecule has 0 fully saturated rings. The zero-order valence-electron chi connectivity index (χ0n) is 16.4. The third-order valence-corrected chi connectivity index (χ3v) is 3.82. The molecule has 0 spiro atoms. The summed E-state index contributed by atoms with van der Waals surface area (Å²) in [5, 5.41) is 8.77. The maximum atomic E-state index is 12.7. The molecule has 0 atom stereocenters. The quantitative estimate of drug-likeness (QED) is 0.623. The summed E-state index contributed by atoms with van der Waals surface area (Å²) in [6.45, 7) is 5.02. The number of amides is 2. The molecule has 7 nitrogen and oxygen atoms in total. The smallest absolute Gasteiger partial charge is 0.255 e. The Morgan fingerprint density at radius 1 is 1.04 bits per heavy atom. The number of nitrogens with one attached hydrogen (secondary N) is 3. The zero-order chi connectivity index (χ0) is 19.8. The lowest BCUT2D eigenvalue weighted by Gasteiger charge is -2.15. The maximum Gasteiger partial charge on any atom is 0.255 e. The Hall–Kier alpha value is -2.77. The number of halogens is 1. The number of hydrogen-bond acceptors (Lipinski definition) is 5. The van der Waals surface area contributed by atoms with Gasteiger partial charge in [-0.05, 0) is 36.4 Å². The van der Waals surface area contributed by atoms with Crippen molar-refractivity contribution in [2.75, 3.05) is 31.4 Å². The minimum absolute atomic E-state index is 0. The van der Waals surface area contributed by atoms with E-state index in [-0.39, 0.29) is 24.2 Å². The number of rotatable bonds is 8. The molecule has 0 bridgehead atoms. The normalized spacial score (nSPS) is 9.86. The average molecular weight is 408 g/mol. The Morgan fingerprint density at radius 2 is 1.79 bits per heavy atom. The van der Waals surface area contributed by atoms with Gasteiger partial charge in [-0.25, -0.2) is 0 Å². The van der Waals surface area contributed by atoms with Gasteiger partial charge in [-0.2, -0.15) is 0 Å². The molecule has 0 saturated carbocycles. The fourth-order valence-corrected chi connectivity index (χ4v) is 2.61. The minimum Gasteiger partial charge on any atom is -0.493 e. The number of benzene rings is 2. The van der Waals surface area contributed by atoms with Crippen molar-refractivity contribution < 1.29 is 19.1 Å². The monoisotopic (exact) mass is 407 g/mol. The third-order valence-electron chi connectivity index (χ3n) is 3.82. The van der Waals surface area contributed by atoms with Crippen LogP contribution < -0.4 is 25.4 Å². The molecule has 3 N–H and O–H groups in total. The summed E-state index contributed by atoms with van der Waals surface area (Å²) in [7, 11) is 2.94. The second-order valence-corrected chi connectivity index (χ2v) is 5.88. The number of carbonyl (C=O) groups is 2. The van der Waals surface area contributed by atoms with Crippen LogP contribution in [0.15, 0.2) is 36.4 Å². The van der Waals surface area contributed by atoms with Gasteiger partial charge in [0.25, 0.3) is 5.91 Å². The largest absolute Gasteiger partial charge is 0.493 e. The highest BCUT2D eigenvalue weighted by Crippen LogP contribution is 2.36. The van der Waals surface area contributed by atoms with Crippen molar-refractivity contribution in [3.05, 3.63) is 47.5 Å². The van der Waals surface area contributed by atoms with E-state index in [1.165, 1.54) is 21.1 Å². The van der Waals surface area contributed by atoms with Crippen molar-refractivity contribution in [2.24, 2.45) is 0 Å². The standard InChI is InChI=1S/C20H25N3O4.ClH/c1-5-21-12-14-7-6-8-16(9-14)23-20(25)15-10-17(22-13(2)24)19(27-4)18(11-15)26-3;/h6-11,21H,5,12H2,1-4H3,(H,22,24)(H,23,25);1H. The fourth-order valence-electron chi connectivity index (χ4n) is 2.61. The molecule has 8 heteroatoms. The lowest BCUT2D eigenvalue weighted by molar-refractivity contribution is -0.114. The molecule has 0 aromatic heterocycles. The van der Waals surface area contributed by atoms with E-state index in [4.69, 9.17) is 9.47 Å². The van der Waals surface area contributed by atoms with Crippen molar-refractivity contribution in [3.8, 4) is 11.5 Å². The van der Waals surface area contributed by atoms with Crippen LogP contribution in [0, 0.1) is 0 Å². The summed E-state index contributed by atoms with van der Waals surface area (Å²) in [5.74, 6) is 0.124. The van der Waals surface area contributed by atoms with Crippen LogP contribution in [0.2, 0.25) is 0 Å². The van der Waals surface area contributed by atoms with Gasteiger partial charge in [0.2, 0.25) is 5.91 Å². The van der Waals surface area contributed by atoms with Gasteiger partial charge in [0.05, 0.1) is 19.9 Å². The average Bonchev–Trinajstić information content (AvgIpc) is 2.65. The molecule has 0 radical (unpaired) electrons. The minimum atomic E-state index is -0.317. The number of ether oxygens (including phenoxy) is 2. The molecule has 0 heterocycles. The maximum absolute atomic E-state index is 12.7. The topological polar surface area (TPSA) is 88.7 Å². The highest BCUT2D eigenvalue weighted by Gasteiger charge is 2.17. The summed E-state index contributed by atoms with van der Waals surface area (Å²) >= 11 is 0. The fraction of sp³-hybridized carbons (Fsp3) is 0.300. The first-order chi connectivity index (χ1) is 13.0. The summed E-state index contributed by atoms with van der Waals surface area (Å²) in [4.78, 5) is 24.2. The molecular weight excluding hydrogens is 382 g/mol. The van der Waals surface area contributed by atoms with Gasteiger partial charge in [-0.3, -0.25) is 9.59 Å². The molecule has 28 heavy (non-hydrogen) atoms. The van der Waals surface area contributed by atoms with E-state index in [0.29, 0.717) is 28.4 Å². The first-order valence-electron chi connectivity index (χ1n) is 8.63. The van der Waals surface area contributed by atoms with Gasteiger partial charge < -0.3 is 25.4 Å². The molecule has 2 amide bonds. The molecule has 0 aliphatic carbocycles. The summed E-state index contributed by atoms with van der Waals surface area (Å²) in [6, 6.07) is 10.7. The van der Waals surface area contributed by atoms with Crippen LogP contribution >= 0.6 is 12.4 Å². The number of methoxy groups -OCH3 is 2. The molecule has 2 rings (SSSR count). The zero-order valence-corrected chi connectivity index (χ0v) is 17.2. The van der Waals surface area contributed by atoms with Crippen molar-refractivity contribution in [1.82, 2.24) is 5.32 Å². The van der Waals surface area contributed by atoms with Crippen LogP contribution in [-0.2, 0) is 11.3 Å². The van der Waals surface area contributed by atoms with Crippen LogP contribution in [0.5, 0.6) is 11.5 Å². The Morgan fingerprint density at radius 3 is 2.39 bits per heavy atom. The van der Waals surface area contributed by atoms with E-state index in [9.17, 15) is 9.59 Å². The highest BCUT2D eigenvalue weighted by atomic mass is 35.5. The second-order valence-electron chi connectivity index (χ2n) is 5.88. The predicted octanol–water partition coefficient (Wildman–Crippen LogP) is 3.45. The van der Waals surface area contributed by atoms with E-state index in [1.807, 2.05) is 31.2 Å². The number of hydrogen-bond donors (Lipinski definition) is 3. The van der Waals surface area contributed by atoms with Gasteiger partial charge in [-0.1, -0.05) is 19.1 Å². The van der Waals surface area contributed by atoms with Crippen LogP contribution in [0.3, 0.4) is 0 Å². The summed E-state index contributed by atoms with van der Waals surface area (Å²) in [5.41, 5.74) is 2.47. The molecule has 2 aromatic rings. The molecule has 152 valence electrons. The first-order valence-corrected chi connectivity index (χ1v) is 8.63. The van der Waals surface area contributed by atoms with Gasteiger partial charge in [0.15, 0.2) is 11.5 Å². The van der Waals surface area contributed by atoms with Crippen molar-refractivity contribution in [2.45, 2.75) is 20.4 Å². The van der Waals surface area contributed by atoms with Crippen molar-refractivity contribution >= 4 is 35.6 Å². The molecule has 0 saturated heterocycles. The van der Waals surface area contributed by atoms with E-state index >= 15 is 0 Å².